The topological polar surface area (TPSA) is 55.6 Å². The third kappa shape index (κ3) is 3.24. The zero-order valence-electron chi connectivity index (χ0n) is 12.4. The van der Waals surface area contributed by atoms with Gasteiger partial charge in [-0.15, -0.1) is 0 Å². The van der Waals surface area contributed by atoms with Crippen LogP contribution in [0.5, 0.6) is 0 Å². The molecule has 20 heavy (non-hydrogen) atoms. The van der Waals surface area contributed by atoms with Gasteiger partial charge >= 0.3 is 5.97 Å². The summed E-state index contributed by atoms with van der Waals surface area (Å²) in [6.45, 7) is 2.16. The number of carbonyl (C=O) groups excluding carboxylic acids is 1. The molecule has 0 radical (unpaired) electrons. The lowest BCUT2D eigenvalue weighted by Gasteiger charge is -2.33. The minimum absolute atomic E-state index is 0.344. The molecule has 1 aromatic carbocycles. The fourth-order valence-corrected chi connectivity index (χ4v) is 2.83. The maximum absolute atomic E-state index is 11.9. The van der Waals surface area contributed by atoms with Gasteiger partial charge in [-0.25, -0.2) is 4.79 Å². The van der Waals surface area contributed by atoms with E-state index in [-0.39, 0.29) is 5.97 Å². The Bertz CT molecular complexity index is 468. The summed E-state index contributed by atoms with van der Waals surface area (Å²) in [5, 5.41) is 0. The number of hydrogen-bond donors (Lipinski definition) is 1. The van der Waals surface area contributed by atoms with Crippen molar-refractivity contribution in [2.75, 3.05) is 24.3 Å². The number of rotatable bonds is 4. The second-order valence-electron chi connectivity index (χ2n) is 5.39. The largest absolute Gasteiger partial charge is 0.462 e. The summed E-state index contributed by atoms with van der Waals surface area (Å²) >= 11 is 0. The molecule has 1 saturated carbocycles. The first-order valence-electron chi connectivity index (χ1n) is 7.43. The Kier molecular flexibility index (Phi) is 4.88. The molecule has 0 saturated heterocycles. The third-order valence-electron chi connectivity index (χ3n) is 4.06. The summed E-state index contributed by atoms with van der Waals surface area (Å²) < 4.78 is 5.05. The minimum atomic E-state index is -0.344. The van der Waals surface area contributed by atoms with Gasteiger partial charge in [0.05, 0.1) is 12.2 Å². The van der Waals surface area contributed by atoms with Crippen LogP contribution in [0, 0.1) is 0 Å². The van der Waals surface area contributed by atoms with Gasteiger partial charge < -0.3 is 15.4 Å². The van der Waals surface area contributed by atoms with E-state index in [4.69, 9.17) is 10.5 Å². The van der Waals surface area contributed by atoms with Gasteiger partial charge in [0.25, 0.3) is 0 Å². The number of nitrogens with two attached hydrogens (primary N) is 1. The van der Waals surface area contributed by atoms with E-state index in [0.717, 1.165) is 5.69 Å². The second kappa shape index (κ2) is 6.64. The molecule has 1 fully saturated rings. The van der Waals surface area contributed by atoms with Gasteiger partial charge in [0.15, 0.2) is 0 Å². The van der Waals surface area contributed by atoms with E-state index in [1.54, 1.807) is 13.0 Å². The maximum atomic E-state index is 11.9. The number of ether oxygens (including phenoxy) is 1. The third-order valence-corrected chi connectivity index (χ3v) is 4.06. The van der Waals surface area contributed by atoms with E-state index < -0.39 is 0 Å². The Hall–Kier alpha value is -1.71. The molecule has 110 valence electrons. The maximum Gasteiger partial charge on any atom is 0.340 e. The van der Waals surface area contributed by atoms with Crippen molar-refractivity contribution in [1.29, 1.82) is 0 Å². The van der Waals surface area contributed by atoms with Gasteiger partial charge in [-0.1, -0.05) is 19.3 Å². The molecule has 0 spiro atoms. The van der Waals surface area contributed by atoms with Gasteiger partial charge in [0, 0.05) is 24.5 Å². The van der Waals surface area contributed by atoms with Crippen molar-refractivity contribution >= 4 is 17.3 Å². The highest BCUT2D eigenvalue weighted by molar-refractivity contribution is 5.96. The van der Waals surface area contributed by atoms with Crippen molar-refractivity contribution in [2.24, 2.45) is 0 Å². The Morgan fingerprint density at radius 2 is 2.05 bits per heavy atom. The summed E-state index contributed by atoms with van der Waals surface area (Å²) in [6, 6.07) is 6.18. The van der Waals surface area contributed by atoms with Crippen molar-refractivity contribution < 1.29 is 9.53 Å². The van der Waals surface area contributed by atoms with Crippen LogP contribution >= 0.6 is 0 Å². The summed E-state index contributed by atoms with van der Waals surface area (Å²) in [5.41, 5.74) is 7.86. The van der Waals surface area contributed by atoms with Crippen LogP contribution in [-0.4, -0.2) is 25.7 Å². The van der Waals surface area contributed by atoms with Crippen molar-refractivity contribution in [3.05, 3.63) is 23.8 Å². The quantitative estimate of drug-likeness (QED) is 0.677. The first-order chi connectivity index (χ1) is 9.63. The fourth-order valence-electron chi connectivity index (χ4n) is 2.83. The molecular weight excluding hydrogens is 252 g/mol. The highest BCUT2D eigenvalue weighted by Crippen LogP contribution is 2.28. The normalized spacial score (nSPS) is 15.9. The molecule has 1 aliphatic carbocycles. The van der Waals surface area contributed by atoms with E-state index >= 15 is 0 Å². The Morgan fingerprint density at radius 3 is 2.70 bits per heavy atom. The molecule has 0 bridgehead atoms. The highest BCUT2D eigenvalue weighted by Gasteiger charge is 2.20. The predicted octanol–water partition coefficient (Wildman–Crippen LogP) is 3.21. The average Bonchev–Trinajstić information content (AvgIpc) is 2.48. The number of carbonyl (C=O) groups is 1. The number of esters is 1. The summed E-state index contributed by atoms with van der Waals surface area (Å²) in [4.78, 5) is 14.2. The molecule has 2 rings (SSSR count). The molecule has 0 unspecified atom stereocenters. The second-order valence-corrected chi connectivity index (χ2v) is 5.39. The average molecular weight is 276 g/mol. The molecule has 0 aliphatic heterocycles. The van der Waals surface area contributed by atoms with Gasteiger partial charge in [-0.2, -0.15) is 0 Å². The van der Waals surface area contributed by atoms with Crippen LogP contribution in [0.15, 0.2) is 18.2 Å². The van der Waals surface area contributed by atoms with Crippen LogP contribution in [-0.2, 0) is 4.74 Å². The molecule has 0 atom stereocenters. The molecule has 4 heteroatoms. The first-order valence-corrected chi connectivity index (χ1v) is 7.43. The Labute approximate surface area is 120 Å². The Balaban J connectivity index is 2.19. The molecule has 1 aromatic rings. The fraction of sp³-hybridized carbons (Fsp3) is 0.562. The molecule has 0 aromatic heterocycles. The van der Waals surface area contributed by atoms with E-state index in [1.165, 1.54) is 32.1 Å². The zero-order valence-corrected chi connectivity index (χ0v) is 12.4. The van der Waals surface area contributed by atoms with E-state index in [0.29, 0.717) is 23.9 Å². The lowest BCUT2D eigenvalue weighted by molar-refractivity contribution is 0.0527. The summed E-state index contributed by atoms with van der Waals surface area (Å²) in [6.07, 6.45) is 6.34. The van der Waals surface area contributed by atoms with E-state index in [1.807, 2.05) is 12.1 Å². The molecular formula is C16H24N2O2. The number of nitrogens with zero attached hydrogens (tertiary/aromatic N) is 1. The van der Waals surface area contributed by atoms with Gasteiger partial charge in [-0.3, -0.25) is 0 Å². The number of hydrogen-bond acceptors (Lipinski definition) is 4. The monoisotopic (exact) mass is 276 g/mol. The number of benzene rings is 1. The number of nitrogen functional groups attached to an aromatic ring is 1. The minimum Gasteiger partial charge on any atom is -0.462 e. The lowest BCUT2D eigenvalue weighted by Crippen LogP contribution is -2.33. The highest BCUT2D eigenvalue weighted by atomic mass is 16.5. The van der Waals surface area contributed by atoms with Gasteiger partial charge in [-0.05, 0) is 38.0 Å². The molecule has 1 aliphatic rings. The van der Waals surface area contributed by atoms with Crippen LogP contribution < -0.4 is 10.6 Å². The van der Waals surface area contributed by atoms with Crippen LogP contribution in [0.1, 0.15) is 49.4 Å². The van der Waals surface area contributed by atoms with Crippen molar-refractivity contribution in [1.82, 2.24) is 0 Å². The zero-order chi connectivity index (χ0) is 14.5. The molecule has 0 amide bonds. The van der Waals surface area contributed by atoms with Gasteiger partial charge in [0.1, 0.15) is 0 Å². The van der Waals surface area contributed by atoms with Crippen molar-refractivity contribution in [3.8, 4) is 0 Å². The van der Waals surface area contributed by atoms with E-state index in [9.17, 15) is 4.79 Å². The van der Waals surface area contributed by atoms with Crippen LogP contribution in [0.2, 0.25) is 0 Å². The van der Waals surface area contributed by atoms with Crippen molar-refractivity contribution in [3.63, 3.8) is 0 Å². The van der Waals surface area contributed by atoms with E-state index in [2.05, 4.69) is 11.9 Å². The lowest BCUT2D eigenvalue weighted by atomic mass is 9.94. The first kappa shape index (κ1) is 14.7. The molecule has 4 nitrogen and oxygen atoms in total. The SMILES string of the molecule is CCOC(=O)c1cc(N(C)C2CCCCC2)ccc1N. The standard InChI is InChI=1S/C16H24N2O2/c1-3-20-16(19)14-11-13(9-10-15(14)17)18(2)12-7-5-4-6-8-12/h9-12H,3-8,17H2,1-2H3. The summed E-state index contributed by atoms with van der Waals surface area (Å²) in [5.74, 6) is -0.344. The summed E-state index contributed by atoms with van der Waals surface area (Å²) in [7, 11) is 2.09. The predicted molar refractivity (Wildman–Crippen MR) is 82.1 cm³/mol. The smallest absolute Gasteiger partial charge is 0.340 e. The Morgan fingerprint density at radius 1 is 1.35 bits per heavy atom. The number of anilines is 2. The van der Waals surface area contributed by atoms with Crippen LogP contribution in [0.4, 0.5) is 11.4 Å². The molecule has 2 N–H and O–H groups in total. The van der Waals surface area contributed by atoms with Crippen LogP contribution in [0.3, 0.4) is 0 Å². The van der Waals surface area contributed by atoms with Crippen LogP contribution in [0.25, 0.3) is 0 Å². The van der Waals surface area contributed by atoms with Crippen molar-refractivity contribution in [2.45, 2.75) is 45.1 Å². The van der Waals surface area contributed by atoms with Gasteiger partial charge in [0.2, 0.25) is 0 Å². The molecule has 0 heterocycles.